The fourth-order valence-electron chi connectivity index (χ4n) is 2.89. The molecule has 20 heavy (non-hydrogen) atoms. The first kappa shape index (κ1) is 13.3. The van der Waals surface area contributed by atoms with E-state index in [2.05, 4.69) is 15.2 Å². The van der Waals surface area contributed by atoms with Gasteiger partial charge in [-0.1, -0.05) is 0 Å². The number of nitrogens with zero attached hydrogens (tertiary/aromatic N) is 3. The molecule has 0 radical (unpaired) electrons. The lowest BCUT2D eigenvalue weighted by Gasteiger charge is -2.15. The van der Waals surface area contributed by atoms with Crippen molar-refractivity contribution < 1.29 is 4.92 Å². The minimum atomic E-state index is -0.392. The average Bonchev–Trinajstić information content (AvgIpc) is 3.15. The molecule has 1 saturated carbocycles. The topological polar surface area (TPSA) is 71.3 Å². The first-order valence-corrected chi connectivity index (χ1v) is 7.23. The normalized spacial score (nSPS) is 22.9. The molecule has 0 amide bonds. The lowest BCUT2D eigenvalue weighted by molar-refractivity contribution is -0.385. The molecule has 1 aliphatic carbocycles. The minimum Gasteiger partial charge on any atom is -0.370 e. The van der Waals surface area contributed by atoms with Gasteiger partial charge in [-0.15, -0.1) is 0 Å². The molecule has 1 unspecified atom stereocenters. The van der Waals surface area contributed by atoms with E-state index in [9.17, 15) is 10.1 Å². The van der Waals surface area contributed by atoms with Gasteiger partial charge in [-0.2, -0.15) is 0 Å². The maximum atomic E-state index is 10.7. The Bertz CT molecular complexity index is 516. The van der Waals surface area contributed by atoms with Gasteiger partial charge in [0, 0.05) is 25.2 Å². The zero-order valence-corrected chi connectivity index (χ0v) is 11.7. The van der Waals surface area contributed by atoms with Gasteiger partial charge in [0.25, 0.3) is 5.69 Å². The molecule has 3 rings (SSSR count). The van der Waals surface area contributed by atoms with Crippen LogP contribution in [0.25, 0.3) is 0 Å². The van der Waals surface area contributed by atoms with E-state index >= 15 is 0 Å². The van der Waals surface area contributed by atoms with Crippen LogP contribution in [-0.2, 0) is 0 Å². The fraction of sp³-hybridized carbons (Fsp3) is 0.643. The van der Waals surface area contributed by atoms with Crippen LogP contribution >= 0.6 is 0 Å². The molecule has 0 bridgehead atoms. The smallest absolute Gasteiger partial charge is 0.290 e. The maximum absolute atomic E-state index is 10.7. The first-order valence-electron chi connectivity index (χ1n) is 7.23. The summed E-state index contributed by atoms with van der Waals surface area (Å²) in [6.45, 7) is 4.95. The molecular weight excluding hydrogens is 256 g/mol. The predicted octanol–water partition coefficient (Wildman–Crippen LogP) is 2.19. The number of nitro groups is 1. The van der Waals surface area contributed by atoms with E-state index in [-0.39, 0.29) is 5.69 Å². The van der Waals surface area contributed by atoms with Crippen LogP contribution in [0.4, 0.5) is 11.5 Å². The van der Waals surface area contributed by atoms with E-state index in [1.54, 1.807) is 13.0 Å². The van der Waals surface area contributed by atoms with Crippen LogP contribution in [0, 0.1) is 23.0 Å². The number of hydrogen-bond acceptors (Lipinski definition) is 5. The van der Waals surface area contributed by atoms with E-state index in [0.29, 0.717) is 11.6 Å². The van der Waals surface area contributed by atoms with Gasteiger partial charge in [0.15, 0.2) is 0 Å². The number of aryl methyl sites for hydroxylation is 1. The van der Waals surface area contributed by atoms with Gasteiger partial charge in [0.2, 0.25) is 0 Å². The molecule has 1 saturated heterocycles. The number of aromatic nitrogens is 1. The van der Waals surface area contributed by atoms with Crippen LogP contribution in [0.2, 0.25) is 0 Å². The molecule has 1 aromatic rings. The second-order valence-electron chi connectivity index (χ2n) is 5.82. The molecule has 0 spiro atoms. The quantitative estimate of drug-likeness (QED) is 0.659. The van der Waals surface area contributed by atoms with Crippen LogP contribution in [0.1, 0.15) is 25.0 Å². The molecule has 1 N–H and O–H groups in total. The Balaban J connectivity index is 1.53. The van der Waals surface area contributed by atoms with Gasteiger partial charge in [0.1, 0.15) is 11.5 Å². The Morgan fingerprint density at radius 3 is 2.90 bits per heavy atom. The number of pyridine rings is 1. The molecule has 108 valence electrons. The van der Waals surface area contributed by atoms with Crippen LogP contribution in [0.15, 0.2) is 12.1 Å². The molecule has 6 heteroatoms. The van der Waals surface area contributed by atoms with Gasteiger partial charge in [-0.05, 0) is 44.7 Å². The SMILES string of the molecule is Cc1nc(NCC2CCN(C3CC3)C2)ccc1[N+](=O)[O-]. The van der Waals surface area contributed by atoms with Crippen LogP contribution in [0.3, 0.4) is 0 Å². The summed E-state index contributed by atoms with van der Waals surface area (Å²) in [6.07, 6.45) is 3.96. The highest BCUT2D eigenvalue weighted by molar-refractivity contribution is 5.44. The summed E-state index contributed by atoms with van der Waals surface area (Å²) < 4.78 is 0. The molecular formula is C14H20N4O2. The lowest BCUT2D eigenvalue weighted by Crippen LogP contribution is -2.25. The number of anilines is 1. The zero-order chi connectivity index (χ0) is 14.1. The van der Waals surface area contributed by atoms with Crippen molar-refractivity contribution in [1.29, 1.82) is 0 Å². The summed E-state index contributed by atoms with van der Waals surface area (Å²) in [6, 6.07) is 4.06. The van der Waals surface area contributed by atoms with Gasteiger partial charge in [-0.25, -0.2) is 4.98 Å². The van der Waals surface area contributed by atoms with Crippen molar-refractivity contribution in [1.82, 2.24) is 9.88 Å². The highest BCUT2D eigenvalue weighted by atomic mass is 16.6. The third kappa shape index (κ3) is 2.90. The Morgan fingerprint density at radius 1 is 1.45 bits per heavy atom. The highest BCUT2D eigenvalue weighted by Crippen LogP contribution is 2.31. The molecule has 1 aliphatic heterocycles. The Morgan fingerprint density at radius 2 is 2.25 bits per heavy atom. The number of nitrogens with one attached hydrogen (secondary N) is 1. The zero-order valence-electron chi connectivity index (χ0n) is 11.7. The average molecular weight is 276 g/mol. The van der Waals surface area contributed by atoms with Crippen molar-refractivity contribution in [3.63, 3.8) is 0 Å². The first-order chi connectivity index (χ1) is 9.63. The van der Waals surface area contributed by atoms with E-state index in [0.717, 1.165) is 18.4 Å². The summed E-state index contributed by atoms with van der Waals surface area (Å²) in [4.78, 5) is 17.2. The molecule has 1 atom stereocenters. The minimum absolute atomic E-state index is 0.0799. The Labute approximate surface area is 118 Å². The van der Waals surface area contributed by atoms with Crippen molar-refractivity contribution in [3.05, 3.63) is 27.9 Å². The van der Waals surface area contributed by atoms with E-state index < -0.39 is 4.92 Å². The highest BCUT2D eigenvalue weighted by Gasteiger charge is 2.34. The summed E-state index contributed by atoms with van der Waals surface area (Å²) in [5.74, 6) is 1.39. The summed E-state index contributed by atoms with van der Waals surface area (Å²) >= 11 is 0. The Hall–Kier alpha value is -1.69. The predicted molar refractivity (Wildman–Crippen MR) is 76.8 cm³/mol. The number of likely N-dealkylation sites (tertiary alicyclic amines) is 1. The largest absolute Gasteiger partial charge is 0.370 e. The molecule has 2 fully saturated rings. The van der Waals surface area contributed by atoms with E-state index in [1.165, 1.54) is 38.4 Å². The van der Waals surface area contributed by atoms with Crippen molar-refractivity contribution in [2.75, 3.05) is 25.0 Å². The molecule has 2 aliphatic rings. The van der Waals surface area contributed by atoms with Gasteiger partial charge in [-0.3, -0.25) is 10.1 Å². The van der Waals surface area contributed by atoms with Gasteiger partial charge >= 0.3 is 0 Å². The van der Waals surface area contributed by atoms with Crippen molar-refractivity contribution in [2.24, 2.45) is 5.92 Å². The van der Waals surface area contributed by atoms with Crippen molar-refractivity contribution in [2.45, 2.75) is 32.2 Å². The molecule has 1 aromatic heterocycles. The summed E-state index contributed by atoms with van der Waals surface area (Å²) in [5, 5.41) is 14.1. The van der Waals surface area contributed by atoms with Crippen molar-refractivity contribution >= 4 is 11.5 Å². The second kappa shape index (κ2) is 5.36. The van der Waals surface area contributed by atoms with Crippen LogP contribution in [-0.4, -0.2) is 40.5 Å². The standard InChI is InChI=1S/C14H20N4O2/c1-10-13(18(19)20)4-5-14(16-10)15-8-11-6-7-17(9-11)12-2-3-12/h4-5,11-12H,2-3,6-9H2,1H3,(H,15,16). The summed E-state index contributed by atoms with van der Waals surface area (Å²) in [5.41, 5.74) is 0.544. The van der Waals surface area contributed by atoms with Gasteiger partial charge < -0.3 is 10.2 Å². The van der Waals surface area contributed by atoms with E-state index in [1.807, 2.05) is 0 Å². The van der Waals surface area contributed by atoms with Crippen LogP contribution < -0.4 is 5.32 Å². The van der Waals surface area contributed by atoms with Gasteiger partial charge in [0.05, 0.1) is 4.92 Å². The lowest BCUT2D eigenvalue weighted by atomic mass is 10.1. The van der Waals surface area contributed by atoms with Crippen LogP contribution in [0.5, 0.6) is 0 Å². The monoisotopic (exact) mass is 276 g/mol. The third-order valence-electron chi connectivity index (χ3n) is 4.21. The number of rotatable bonds is 5. The maximum Gasteiger partial charge on any atom is 0.290 e. The third-order valence-corrected chi connectivity index (χ3v) is 4.21. The molecule has 6 nitrogen and oxygen atoms in total. The van der Waals surface area contributed by atoms with E-state index in [4.69, 9.17) is 0 Å². The van der Waals surface area contributed by atoms with Crippen molar-refractivity contribution in [3.8, 4) is 0 Å². The fourth-order valence-corrected chi connectivity index (χ4v) is 2.89. The molecule has 0 aromatic carbocycles. The molecule has 2 heterocycles. The Kier molecular flexibility index (Phi) is 3.56. The second-order valence-corrected chi connectivity index (χ2v) is 5.82. The summed E-state index contributed by atoms with van der Waals surface area (Å²) in [7, 11) is 0. The number of hydrogen-bond donors (Lipinski definition) is 1.